The van der Waals surface area contributed by atoms with Crippen molar-refractivity contribution in [3.63, 3.8) is 0 Å². The normalized spacial score (nSPS) is 15.8. The van der Waals surface area contributed by atoms with Crippen LogP contribution in [-0.2, 0) is 9.63 Å². The van der Waals surface area contributed by atoms with Crippen molar-refractivity contribution in [3.8, 4) is 11.5 Å². The minimum atomic E-state index is -0.914. The van der Waals surface area contributed by atoms with Gasteiger partial charge in [-0.15, -0.1) is 0 Å². The van der Waals surface area contributed by atoms with Gasteiger partial charge in [0.25, 0.3) is 5.91 Å². The van der Waals surface area contributed by atoms with Crippen molar-refractivity contribution in [1.29, 1.82) is 0 Å². The maximum atomic E-state index is 13.6. The molecule has 1 aliphatic heterocycles. The number of amides is 1. The molecule has 1 atom stereocenters. The molecule has 1 amide bonds. The van der Waals surface area contributed by atoms with E-state index < -0.39 is 23.6 Å². The number of nitrogens with zero attached hydrogens (tertiary/aromatic N) is 1. The van der Waals surface area contributed by atoms with Crippen LogP contribution in [0.1, 0.15) is 12.0 Å². The Bertz CT molecular complexity index is 870. The second-order valence-corrected chi connectivity index (χ2v) is 5.52. The zero-order valence-electron chi connectivity index (χ0n) is 14.1. The van der Waals surface area contributed by atoms with Crippen LogP contribution in [0.5, 0.6) is 11.5 Å². The van der Waals surface area contributed by atoms with Gasteiger partial charge in [0.1, 0.15) is 11.6 Å². The fraction of sp³-hybridized carbons (Fsp3) is 0.222. The van der Waals surface area contributed by atoms with E-state index in [-0.39, 0.29) is 12.1 Å². The van der Waals surface area contributed by atoms with Crippen molar-refractivity contribution < 1.29 is 27.9 Å². The van der Waals surface area contributed by atoms with E-state index in [1.165, 1.54) is 14.2 Å². The number of anilines is 1. The first-order valence-corrected chi connectivity index (χ1v) is 7.73. The second-order valence-electron chi connectivity index (χ2n) is 5.52. The molecule has 1 N–H and O–H groups in total. The van der Waals surface area contributed by atoms with Crippen molar-refractivity contribution in [3.05, 3.63) is 53.6 Å². The van der Waals surface area contributed by atoms with E-state index >= 15 is 0 Å². The standard InChI is InChI=1S/C18H16F2N2O4/c1-24-15-6-3-10(7-16(15)25-2)14-9-17(26-22-14)18(23)21-13-5-4-11(19)8-12(13)20/h3-8,17H,9H2,1-2H3,(H,21,23)/t17-/m1/s1. The highest BCUT2D eigenvalue weighted by Crippen LogP contribution is 2.29. The van der Waals surface area contributed by atoms with Crippen LogP contribution in [0, 0.1) is 11.6 Å². The first-order valence-electron chi connectivity index (χ1n) is 7.73. The molecule has 8 heteroatoms. The van der Waals surface area contributed by atoms with Gasteiger partial charge in [0.15, 0.2) is 11.5 Å². The van der Waals surface area contributed by atoms with Crippen molar-refractivity contribution in [2.75, 3.05) is 19.5 Å². The van der Waals surface area contributed by atoms with Crippen LogP contribution in [0.2, 0.25) is 0 Å². The Morgan fingerprint density at radius 1 is 1.15 bits per heavy atom. The largest absolute Gasteiger partial charge is 0.493 e. The number of rotatable bonds is 5. The molecule has 6 nitrogen and oxygen atoms in total. The molecule has 1 aliphatic rings. The van der Waals surface area contributed by atoms with Crippen LogP contribution in [0.3, 0.4) is 0 Å². The first kappa shape index (κ1) is 17.7. The lowest BCUT2D eigenvalue weighted by Gasteiger charge is -2.11. The molecule has 0 fully saturated rings. The molecule has 0 aromatic heterocycles. The summed E-state index contributed by atoms with van der Waals surface area (Å²) in [6.45, 7) is 0. The first-order chi connectivity index (χ1) is 12.5. The summed E-state index contributed by atoms with van der Waals surface area (Å²) in [6, 6.07) is 8.10. The number of carbonyl (C=O) groups is 1. The number of oxime groups is 1. The summed E-state index contributed by atoms with van der Waals surface area (Å²) < 4.78 is 37.0. The number of hydrogen-bond acceptors (Lipinski definition) is 5. The van der Waals surface area contributed by atoms with Crippen molar-refractivity contribution in [1.82, 2.24) is 0 Å². The van der Waals surface area contributed by atoms with Crippen molar-refractivity contribution in [2.24, 2.45) is 5.16 Å². The molecule has 2 aromatic rings. The van der Waals surface area contributed by atoms with Gasteiger partial charge in [0, 0.05) is 18.1 Å². The molecule has 0 unspecified atom stereocenters. The van der Waals surface area contributed by atoms with Crippen LogP contribution >= 0.6 is 0 Å². The van der Waals surface area contributed by atoms with E-state index in [0.717, 1.165) is 12.1 Å². The van der Waals surface area contributed by atoms with Gasteiger partial charge in [-0.1, -0.05) is 5.16 Å². The van der Waals surface area contributed by atoms with Gasteiger partial charge >= 0.3 is 0 Å². The Kier molecular flexibility index (Phi) is 5.01. The summed E-state index contributed by atoms with van der Waals surface area (Å²) in [5.41, 5.74) is 1.14. The fourth-order valence-electron chi connectivity index (χ4n) is 2.51. The number of methoxy groups -OCH3 is 2. The average molecular weight is 362 g/mol. The van der Waals surface area contributed by atoms with E-state index in [1.54, 1.807) is 18.2 Å². The Balaban J connectivity index is 1.68. The van der Waals surface area contributed by atoms with E-state index in [0.29, 0.717) is 28.8 Å². The van der Waals surface area contributed by atoms with Gasteiger partial charge in [0.2, 0.25) is 6.10 Å². The summed E-state index contributed by atoms with van der Waals surface area (Å²) in [5.74, 6) is -1.07. The van der Waals surface area contributed by atoms with Gasteiger partial charge in [-0.2, -0.15) is 0 Å². The SMILES string of the molecule is COc1ccc(C2=NO[C@@H](C(=O)Nc3ccc(F)cc3F)C2)cc1OC. The summed E-state index contributed by atoms with van der Waals surface area (Å²) in [5, 5.41) is 6.29. The zero-order valence-corrected chi connectivity index (χ0v) is 14.1. The lowest BCUT2D eigenvalue weighted by Crippen LogP contribution is -2.28. The van der Waals surface area contributed by atoms with E-state index in [4.69, 9.17) is 14.3 Å². The molecule has 0 bridgehead atoms. The van der Waals surface area contributed by atoms with E-state index in [9.17, 15) is 13.6 Å². The molecule has 136 valence electrons. The maximum Gasteiger partial charge on any atom is 0.268 e. The highest BCUT2D eigenvalue weighted by Gasteiger charge is 2.30. The molecule has 26 heavy (non-hydrogen) atoms. The summed E-state index contributed by atoms with van der Waals surface area (Å²) >= 11 is 0. The summed E-state index contributed by atoms with van der Waals surface area (Å²) in [6.07, 6.45) is -0.716. The molecular weight excluding hydrogens is 346 g/mol. The lowest BCUT2D eigenvalue weighted by atomic mass is 10.0. The number of nitrogens with one attached hydrogen (secondary N) is 1. The predicted octanol–water partition coefficient (Wildman–Crippen LogP) is 3.11. The minimum Gasteiger partial charge on any atom is -0.493 e. The number of ether oxygens (including phenoxy) is 2. The maximum absolute atomic E-state index is 13.6. The minimum absolute atomic E-state index is 0.125. The Hall–Kier alpha value is -3.16. The highest BCUT2D eigenvalue weighted by molar-refractivity contribution is 6.06. The molecule has 0 radical (unpaired) electrons. The quantitative estimate of drug-likeness (QED) is 0.887. The van der Waals surface area contributed by atoms with Gasteiger partial charge in [-0.3, -0.25) is 4.79 Å². The van der Waals surface area contributed by atoms with Crippen molar-refractivity contribution in [2.45, 2.75) is 12.5 Å². The van der Waals surface area contributed by atoms with Crippen LogP contribution in [0.15, 0.2) is 41.6 Å². The van der Waals surface area contributed by atoms with Crippen LogP contribution in [-0.4, -0.2) is 31.9 Å². The molecule has 1 heterocycles. The van der Waals surface area contributed by atoms with Crippen molar-refractivity contribution >= 4 is 17.3 Å². The third-order valence-electron chi connectivity index (χ3n) is 3.87. The molecule has 0 saturated carbocycles. The third-order valence-corrected chi connectivity index (χ3v) is 3.87. The third kappa shape index (κ3) is 3.58. The zero-order chi connectivity index (χ0) is 18.7. The van der Waals surface area contributed by atoms with Crippen LogP contribution in [0.25, 0.3) is 0 Å². The Labute approximate surface area is 148 Å². The average Bonchev–Trinajstić information content (AvgIpc) is 3.13. The molecule has 0 aliphatic carbocycles. The number of benzene rings is 2. The van der Waals surface area contributed by atoms with Gasteiger partial charge in [-0.05, 0) is 30.3 Å². The monoisotopic (exact) mass is 362 g/mol. The highest BCUT2D eigenvalue weighted by atomic mass is 19.1. The topological polar surface area (TPSA) is 69.2 Å². The van der Waals surface area contributed by atoms with E-state index in [2.05, 4.69) is 10.5 Å². The number of halogens is 2. The van der Waals surface area contributed by atoms with Crippen LogP contribution < -0.4 is 14.8 Å². The Morgan fingerprint density at radius 2 is 1.92 bits per heavy atom. The molecule has 3 rings (SSSR count). The lowest BCUT2D eigenvalue weighted by molar-refractivity contribution is -0.125. The number of hydrogen-bond donors (Lipinski definition) is 1. The predicted molar refractivity (Wildman–Crippen MR) is 90.6 cm³/mol. The summed E-state index contributed by atoms with van der Waals surface area (Å²) in [7, 11) is 3.05. The summed E-state index contributed by atoms with van der Waals surface area (Å²) in [4.78, 5) is 17.4. The number of carbonyl (C=O) groups excluding carboxylic acids is 1. The van der Waals surface area contributed by atoms with Gasteiger partial charge in [0.05, 0.1) is 25.6 Å². The Morgan fingerprint density at radius 3 is 2.62 bits per heavy atom. The fourth-order valence-corrected chi connectivity index (χ4v) is 2.51. The smallest absolute Gasteiger partial charge is 0.268 e. The second kappa shape index (κ2) is 7.38. The van der Waals surface area contributed by atoms with E-state index in [1.807, 2.05) is 0 Å². The molecule has 0 saturated heterocycles. The van der Waals surface area contributed by atoms with Crippen LogP contribution in [0.4, 0.5) is 14.5 Å². The van der Waals surface area contributed by atoms with Gasteiger partial charge < -0.3 is 19.6 Å². The molecular formula is C18H16F2N2O4. The molecule has 2 aromatic carbocycles. The molecule has 0 spiro atoms. The van der Waals surface area contributed by atoms with Gasteiger partial charge in [-0.25, -0.2) is 8.78 Å².